The number of alkyl halides is 3. The smallest absolute Gasteiger partial charge is 0.324 e. The van der Waals surface area contributed by atoms with E-state index < -0.39 is 23.6 Å². The van der Waals surface area contributed by atoms with E-state index in [2.05, 4.69) is 0 Å². The standard InChI is InChI=1S/C12H15F4N/c1-2-3-4-11(17)9-6-5-8(7-10(9)13)12(14,15)16/h5-7,11H,2-4,17H2,1H3/t11-/m1/s1. The summed E-state index contributed by atoms with van der Waals surface area (Å²) in [5.74, 6) is -0.886. The SMILES string of the molecule is CCCC[C@@H](N)c1ccc(C(F)(F)F)cc1F. The number of nitrogens with two attached hydrogens (primary N) is 1. The first-order valence-electron chi connectivity index (χ1n) is 5.48. The van der Waals surface area contributed by atoms with Crippen molar-refractivity contribution >= 4 is 0 Å². The number of rotatable bonds is 4. The van der Waals surface area contributed by atoms with Crippen LogP contribution in [0.15, 0.2) is 18.2 Å². The van der Waals surface area contributed by atoms with Gasteiger partial charge in [-0.2, -0.15) is 13.2 Å². The maximum atomic E-state index is 13.5. The molecule has 1 rings (SSSR count). The van der Waals surface area contributed by atoms with Crippen LogP contribution < -0.4 is 5.73 Å². The van der Waals surface area contributed by atoms with E-state index >= 15 is 0 Å². The van der Waals surface area contributed by atoms with Crippen LogP contribution in [0, 0.1) is 5.82 Å². The quantitative estimate of drug-likeness (QED) is 0.801. The van der Waals surface area contributed by atoms with Gasteiger partial charge in [0.05, 0.1) is 5.56 Å². The third-order valence-electron chi connectivity index (χ3n) is 2.60. The highest BCUT2D eigenvalue weighted by Gasteiger charge is 2.31. The fourth-order valence-electron chi connectivity index (χ4n) is 1.58. The second kappa shape index (κ2) is 5.49. The predicted octanol–water partition coefficient (Wildman–Crippen LogP) is 4.03. The molecule has 0 saturated heterocycles. The summed E-state index contributed by atoms with van der Waals surface area (Å²) in [4.78, 5) is 0. The monoisotopic (exact) mass is 249 g/mol. The van der Waals surface area contributed by atoms with Crippen LogP contribution in [-0.4, -0.2) is 0 Å². The molecule has 0 bridgehead atoms. The number of halogens is 4. The fraction of sp³-hybridized carbons (Fsp3) is 0.500. The summed E-state index contributed by atoms with van der Waals surface area (Å²) in [6.45, 7) is 1.97. The second-order valence-corrected chi connectivity index (χ2v) is 3.98. The van der Waals surface area contributed by atoms with Crippen molar-refractivity contribution < 1.29 is 17.6 Å². The summed E-state index contributed by atoms with van der Waals surface area (Å²) < 4.78 is 50.4. The van der Waals surface area contributed by atoms with Gasteiger partial charge < -0.3 is 5.73 Å². The average Bonchev–Trinajstić information content (AvgIpc) is 2.24. The van der Waals surface area contributed by atoms with E-state index in [1.165, 1.54) is 0 Å². The third kappa shape index (κ3) is 3.70. The van der Waals surface area contributed by atoms with Gasteiger partial charge in [0, 0.05) is 11.6 Å². The Kier molecular flexibility index (Phi) is 4.51. The summed E-state index contributed by atoms with van der Waals surface area (Å²) >= 11 is 0. The first kappa shape index (κ1) is 14.0. The second-order valence-electron chi connectivity index (χ2n) is 3.98. The number of unbranched alkanes of at least 4 members (excludes halogenated alkanes) is 1. The molecular formula is C12H15F4N. The van der Waals surface area contributed by atoms with Crippen LogP contribution in [0.3, 0.4) is 0 Å². The minimum absolute atomic E-state index is 0.145. The van der Waals surface area contributed by atoms with Gasteiger partial charge in [-0.15, -0.1) is 0 Å². The van der Waals surface area contributed by atoms with Crippen molar-refractivity contribution in [3.05, 3.63) is 35.1 Å². The van der Waals surface area contributed by atoms with Crippen LogP contribution >= 0.6 is 0 Å². The molecule has 1 nitrogen and oxygen atoms in total. The van der Waals surface area contributed by atoms with Crippen LogP contribution in [-0.2, 0) is 6.18 Å². The molecule has 0 amide bonds. The molecule has 5 heteroatoms. The summed E-state index contributed by atoms with van der Waals surface area (Å²) in [6, 6.07) is 1.95. The van der Waals surface area contributed by atoms with Crippen LogP contribution in [0.5, 0.6) is 0 Å². The Morgan fingerprint density at radius 2 is 1.94 bits per heavy atom. The lowest BCUT2D eigenvalue weighted by Crippen LogP contribution is -2.13. The van der Waals surface area contributed by atoms with Crippen molar-refractivity contribution in [3.63, 3.8) is 0 Å². The van der Waals surface area contributed by atoms with Crippen LogP contribution in [0.1, 0.15) is 43.4 Å². The average molecular weight is 249 g/mol. The molecule has 0 aliphatic rings. The molecule has 0 radical (unpaired) electrons. The fourth-order valence-corrected chi connectivity index (χ4v) is 1.58. The Hall–Kier alpha value is -1.10. The van der Waals surface area contributed by atoms with E-state index in [1.54, 1.807) is 0 Å². The first-order valence-corrected chi connectivity index (χ1v) is 5.48. The Morgan fingerprint density at radius 3 is 2.41 bits per heavy atom. The molecule has 1 aromatic carbocycles. The van der Waals surface area contributed by atoms with E-state index in [9.17, 15) is 17.6 Å². The van der Waals surface area contributed by atoms with E-state index in [0.29, 0.717) is 12.5 Å². The maximum Gasteiger partial charge on any atom is 0.416 e. The highest BCUT2D eigenvalue weighted by Crippen LogP contribution is 2.31. The predicted molar refractivity (Wildman–Crippen MR) is 57.9 cm³/mol. The number of hydrogen-bond donors (Lipinski definition) is 1. The summed E-state index contributed by atoms with van der Waals surface area (Å²) in [5, 5.41) is 0. The van der Waals surface area contributed by atoms with Gasteiger partial charge in [0.25, 0.3) is 0 Å². The van der Waals surface area contributed by atoms with Crippen molar-refractivity contribution in [3.8, 4) is 0 Å². The molecule has 0 spiro atoms. The highest BCUT2D eigenvalue weighted by molar-refractivity contribution is 5.28. The maximum absolute atomic E-state index is 13.5. The number of benzene rings is 1. The van der Waals surface area contributed by atoms with Crippen LogP contribution in [0.25, 0.3) is 0 Å². The molecule has 0 saturated carbocycles. The summed E-state index contributed by atoms with van der Waals surface area (Å²) in [7, 11) is 0. The Labute approximate surface area is 97.6 Å². The molecule has 2 N–H and O–H groups in total. The number of hydrogen-bond acceptors (Lipinski definition) is 1. The van der Waals surface area contributed by atoms with Crippen LogP contribution in [0.4, 0.5) is 17.6 Å². The highest BCUT2D eigenvalue weighted by atomic mass is 19.4. The van der Waals surface area contributed by atoms with E-state index in [0.717, 1.165) is 25.0 Å². The molecule has 1 atom stereocenters. The molecule has 0 aromatic heterocycles. The van der Waals surface area contributed by atoms with E-state index in [-0.39, 0.29) is 5.56 Å². The van der Waals surface area contributed by atoms with Gasteiger partial charge >= 0.3 is 6.18 Å². The Morgan fingerprint density at radius 1 is 1.29 bits per heavy atom. The van der Waals surface area contributed by atoms with Crippen molar-refractivity contribution in [2.75, 3.05) is 0 Å². The molecule has 1 aromatic rings. The summed E-state index contributed by atoms with van der Waals surface area (Å²) in [6.07, 6.45) is -2.22. The van der Waals surface area contributed by atoms with Crippen molar-refractivity contribution in [1.29, 1.82) is 0 Å². The zero-order valence-electron chi connectivity index (χ0n) is 9.52. The molecule has 0 aliphatic heterocycles. The molecule has 96 valence electrons. The van der Waals surface area contributed by atoms with Crippen molar-refractivity contribution in [2.24, 2.45) is 5.73 Å². The van der Waals surface area contributed by atoms with Crippen LogP contribution in [0.2, 0.25) is 0 Å². The lowest BCUT2D eigenvalue weighted by molar-refractivity contribution is -0.137. The Balaban J connectivity index is 2.90. The molecular weight excluding hydrogens is 234 g/mol. The van der Waals surface area contributed by atoms with Gasteiger partial charge in [0.2, 0.25) is 0 Å². The Bertz CT molecular complexity index is 373. The van der Waals surface area contributed by atoms with E-state index in [4.69, 9.17) is 5.73 Å². The van der Waals surface area contributed by atoms with Gasteiger partial charge in [-0.1, -0.05) is 25.8 Å². The van der Waals surface area contributed by atoms with Gasteiger partial charge in [0.15, 0.2) is 0 Å². The van der Waals surface area contributed by atoms with Gasteiger partial charge in [-0.25, -0.2) is 4.39 Å². The van der Waals surface area contributed by atoms with Gasteiger partial charge in [-0.05, 0) is 18.6 Å². The van der Waals surface area contributed by atoms with Crippen molar-refractivity contribution in [2.45, 2.75) is 38.4 Å². The molecule has 17 heavy (non-hydrogen) atoms. The summed E-state index contributed by atoms with van der Waals surface area (Å²) in [5.41, 5.74) is 4.88. The lowest BCUT2D eigenvalue weighted by Gasteiger charge is -2.14. The molecule has 0 heterocycles. The molecule has 0 aliphatic carbocycles. The van der Waals surface area contributed by atoms with E-state index in [1.807, 2.05) is 6.92 Å². The zero-order chi connectivity index (χ0) is 13.1. The third-order valence-corrected chi connectivity index (χ3v) is 2.60. The van der Waals surface area contributed by atoms with Gasteiger partial charge in [0.1, 0.15) is 5.82 Å². The normalized spacial score (nSPS) is 13.8. The first-order chi connectivity index (χ1) is 7.86. The zero-order valence-corrected chi connectivity index (χ0v) is 9.52. The molecule has 0 unspecified atom stereocenters. The topological polar surface area (TPSA) is 26.0 Å². The minimum atomic E-state index is -4.52. The molecule has 0 fully saturated rings. The van der Waals surface area contributed by atoms with Gasteiger partial charge in [-0.3, -0.25) is 0 Å². The van der Waals surface area contributed by atoms with Crippen molar-refractivity contribution in [1.82, 2.24) is 0 Å². The minimum Gasteiger partial charge on any atom is -0.324 e. The largest absolute Gasteiger partial charge is 0.416 e. The lowest BCUT2D eigenvalue weighted by atomic mass is 10.00.